The van der Waals surface area contributed by atoms with Gasteiger partial charge in [-0.05, 0) is 54.9 Å². The summed E-state index contributed by atoms with van der Waals surface area (Å²) < 4.78 is 0. The van der Waals surface area contributed by atoms with E-state index in [4.69, 9.17) is 0 Å². The first kappa shape index (κ1) is 14.1. The molecule has 0 aromatic heterocycles. The number of hydrogen-bond donors (Lipinski definition) is 0. The van der Waals surface area contributed by atoms with Gasteiger partial charge in [-0.1, -0.05) is 30.3 Å². The maximum Gasteiger partial charge on any atom is 0.145 e. The molecule has 0 radical (unpaired) electrons. The molecule has 3 rings (SSSR count). The molecule has 0 saturated carbocycles. The van der Waals surface area contributed by atoms with Crippen LogP contribution in [0.3, 0.4) is 0 Å². The molecular formula is C19H23NO. The summed E-state index contributed by atoms with van der Waals surface area (Å²) in [6.45, 7) is 4.22. The molecule has 1 aliphatic carbocycles. The molecule has 2 aliphatic rings. The van der Waals surface area contributed by atoms with Crippen molar-refractivity contribution in [1.82, 2.24) is 4.90 Å². The van der Waals surface area contributed by atoms with Crippen LogP contribution in [0.4, 0.5) is 0 Å². The number of carbonyl (C=O) groups is 1. The minimum Gasteiger partial charge on any atom is -0.374 e. The predicted octanol–water partition coefficient (Wildman–Crippen LogP) is 3.67. The fourth-order valence-corrected chi connectivity index (χ4v) is 3.43. The minimum absolute atomic E-state index is 0.818. The van der Waals surface area contributed by atoms with Crippen LogP contribution in [0.25, 0.3) is 0 Å². The number of likely N-dealkylation sites (tertiary alicyclic amines) is 1. The van der Waals surface area contributed by atoms with Crippen LogP contribution in [-0.2, 0) is 17.6 Å². The highest BCUT2D eigenvalue weighted by Gasteiger charge is 2.22. The Morgan fingerprint density at radius 2 is 1.71 bits per heavy atom. The normalized spacial score (nSPS) is 19.5. The Hall–Kier alpha value is -1.83. The Kier molecular flexibility index (Phi) is 4.23. The van der Waals surface area contributed by atoms with E-state index in [9.17, 15) is 4.79 Å². The molecule has 0 spiro atoms. The van der Waals surface area contributed by atoms with E-state index in [1.165, 1.54) is 41.7 Å². The first-order valence-corrected chi connectivity index (χ1v) is 7.95. The molecule has 1 fully saturated rings. The molecule has 0 bridgehead atoms. The summed E-state index contributed by atoms with van der Waals surface area (Å²) in [6.07, 6.45) is 8.93. The molecule has 2 nitrogen and oxygen atoms in total. The molecule has 1 saturated heterocycles. The van der Waals surface area contributed by atoms with E-state index in [1.807, 2.05) is 6.92 Å². The Morgan fingerprint density at radius 3 is 2.38 bits per heavy atom. The van der Waals surface area contributed by atoms with Gasteiger partial charge in [0.2, 0.25) is 0 Å². The van der Waals surface area contributed by atoms with Crippen LogP contribution in [0.15, 0.2) is 47.2 Å². The van der Waals surface area contributed by atoms with Gasteiger partial charge in [0.1, 0.15) is 6.29 Å². The lowest BCUT2D eigenvalue weighted by Crippen LogP contribution is -2.32. The fraction of sp³-hybridized carbons (Fsp3) is 0.421. The van der Waals surface area contributed by atoms with Gasteiger partial charge in [-0.15, -0.1) is 0 Å². The maximum atomic E-state index is 11.0. The van der Waals surface area contributed by atoms with Crippen molar-refractivity contribution in [2.24, 2.45) is 0 Å². The van der Waals surface area contributed by atoms with Gasteiger partial charge < -0.3 is 4.90 Å². The second-order valence-corrected chi connectivity index (χ2v) is 6.15. The topological polar surface area (TPSA) is 20.3 Å². The highest BCUT2D eigenvalue weighted by molar-refractivity contribution is 5.73. The molecule has 1 aliphatic heterocycles. The molecular weight excluding hydrogens is 258 g/mol. The Bertz CT molecular complexity index is 591. The van der Waals surface area contributed by atoms with Crippen molar-refractivity contribution in [3.63, 3.8) is 0 Å². The molecule has 0 atom stereocenters. The van der Waals surface area contributed by atoms with Crippen molar-refractivity contribution in [2.45, 2.75) is 39.0 Å². The van der Waals surface area contributed by atoms with Crippen LogP contribution in [0, 0.1) is 0 Å². The van der Waals surface area contributed by atoms with E-state index in [0.29, 0.717) is 0 Å². The quantitative estimate of drug-likeness (QED) is 0.622. The third-order valence-corrected chi connectivity index (χ3v) is 4.55. The van der Waals surface area contributed by atoms with Gasteiger partial charge in [-0.3, -0.25) is 4.79 Å². The number of nitrogens with zero attached hydrogens (tertiary/aromatic N) is 1. The second-order valence-electron chi connectivity index (χ2n) is 6.15. The predicted molar refractivity (Wildman–Crippen MR) is 86.1 cm³/mol. The molecule has 1 aromatic carbocycles. The van der Waals surface area contributed by atoms with Gasteiger partial charge >= 0.3 is 0 Å². The summed E-state index contributed by atoms with van der Waals surface area (Å²) >= 11 is 0. The largest absolute Gasteiger partial charge is 0.374 e. The zero-order valence-electron chi connectivity index (χ0n) is 12.8. The van der Waals surface area contributed by atoms with Crippen molar-refractivity contribution in [3.05, 3.63) is 58.3 Å². The van der Waals surface area contributed by atoms with Gasteiger partial charge in [0.25, 0.3) is 0 Å². The van der Waals surface area contributed by atoms with E-state index >= 15 is 0 Å². The van der Waals surface area contributed by atoms with Crippen molar-refractivity contribution in [1.29, 1.82) is 0 Å². The Balaban J connectivity index is 1.97. The van der Waals surface area contributed by atoms with Crippen LogP contribution < -0.4 is 0 Å². The maximum absolute atomic E-state index is 11.0. The lowest BCUT2D eigenvalue weighted by molar-refractivity contribution is -0.104. The average Bonchev–Trinajstić information content (AvgIpc) is 2.55. The number of hydrogen-bond acceptors (Lipinski definition) is 2. The molecule has 1 aromatic rings. The van der Waals surface area contributed by atoms with Crippen LogP contribution in [0.2, 0.25) is 0 Å². The van der Waals surface area contributed by atoms with E-state index in [1.54, 1.807) is 0 Å². The SMILES string of the molecule is C/C(C=O)=C/C1=C(N2CCCCC2)Cc2ccccc2C1. The van der Waals surface area contributed by atoms with E-state index in [-0.39, 0.29) is 0 Å². The average molecular weight is 281 g/mol. The smallest absolute Gasteiger partial charge is 0.145 e. The number of aldehydes is 1. The number of allylic oxidation sites excluding steroid dienone is 4. The van der Waals surface area contributed by atoms with Crippen LogP contribution in [0.5, 0.6) is 0 Å². The molecule has 0 N–H and O–H groups in total. The molecule has 21 heavy (non-hydrogen) atoms. The zero-order valence-corrected chi connectivity index (χ0v) is 12.8. The summed E-state index contributed by atoms with van der Waals surface area (Å²) in [7, 11) is 0. The summed E-state index contributed by atoms with van der Waals surface area (Å²) in [5.74, 6) is 0. The third-order valence-electron chi connectivity index (χ3n) is 4.55. The van der Waals surface area contributed by atoms with E-state index < -0.39 is 0 Å². The van der Waals surface area contributed by atoms with Crippen LogP contribution >= 0.6 is 0 Å². The van der Waals surface area contributed by atoms with E-state index in [0.717, 1.165) is 37.8 Å². The van der Waals surface area contributed by atoms with Gasteiger partial charge in [0.05, 0.1) is 0 Å². The molecule has 110 valence electrons. The number of benzene rings is 1. The van der Waals surface area contributed by atoms with Crippen molar-refractivity contribution in [2.75, 3.05) is 13.1 Å². The molecule has 0 amide bonds. The minimum atomic E-state index is 0.818. The third kappa shape index (κ3) is 3.10. The summed E-state index contributed by atoms with van der Waals surface area (Å²) in [5, 5.41) is 0. The Morgan fingerprint density at radius 1 is 1.05 bits per heavy atom. The van der Waals surface area contributed by atoms with Crippen LogP contribution in [0.1, 0.15) is 37.3 Å². The number of rotatable bonds is 3. The summed E-state index contributed by atoms with van der Waals surface area (Å²) in [5.41, 5.74) is 6.44. The van der Waals surface area contributed by atoms with Gasteiger partial charge in [-0.2, -0.15) is 0 Å². The van der Waals surface area contributed by atoms with Gasteiger partial charge in [0.15, 0.2) is 0 Å². The molecule has 0 unspecified atom stereocenters. The van der Waals surface area contributed by atoms with Crippen LogP contribution in [-0.4, -0.2) is 24.3 Å². The number of carbonyl (C=O) groups excluding carboxylic acids is 1. The van der Waals surface area contributed by atoms with Crippen molar-refractivity contribution in [3.8, 4) is 0 Å². The number of piperidine rings is 1. The fourth-order valence-electron chi connectivity index (χ4n) is 3.43. The molecule has 1 heterocycles. The zero-order chi connectivity index (χ0) is 14.7. The lowest BCUT2D eigenvalue weighted by atomic mass is 9.87. The first-order chi connectivity index (χ1) is 10.3. The molecule has 2 heteroatoms. The van der Waals surface area contributed by atoms with E-state index in [2.05, 4.69) is 35.2 Å². The Labute approximate surface area is 127 Å². The van der Waals surface area contributed by atoms with Crippen molar-refractivity contribution < 1.29 is 4.79 Å². The summed E-state index contributed by atoms with van der Waals surface area (Å²) in [4.78, 5) is 13.5. The van der Waals surface area contributed by atoms with Gasteiger partial charge in [-0.25, -0.2) is 0 Å². The van der Waals surface area contributed by atoms with Gasteiger partial charge in [0, 0.05) is 25.2 Å². The van der Waals surface area contributed by atoms with Crippen molar-refractivity contribution >= 4 is 6.29 Å². The summed E-state index contributed by atoms with van der Waals surface area (Å²) in [6, 6.07) is 8.70. The monoisotopic (exact) mass is 281 g/mol. The highest BCUT2D eigenvalue weighted by atomic mass is 16.1. The lowest BCUT2D eigenvalue weighted by Gasteiger charge is -2.35. The standard InChI is InChI=1S/C19H23NO/c1-15(14-21)11-18-12-16-7-3-4-8-17(16)13-19(18)20-9-5-2-6-10-20/h3-4,7-8,11,14H,2,5-6,9-10,12-13H2,1H3/b15-11-. The first-order valence-electron chi connectivity index (χ1n) is 7.95. The number of fused-ring (bicyclic) bond motifs is 1. The second kappa shape index (κ2) is 6.30. The highest BCUT2D eigenvalue weighted by Crippen LogP contribution is 2.31.